The lowest BCUT2D eigenvalue weighted by Crippen LogP contribution is -2.31. The van der Waals surface area contributed by atoms with Crippen LogP contribution < -0.4 is 5.32 Å². The Hall–Kier alpha value is -1.39. The van der Waals surface area contributed by atoms with Gasteiger partial charge >= 0.3 is 0 Å². The maximum Gasteiger partial charge on any atom is 0.159 e. The van der Waals surface area contributed by atoms with E-state index in [4.69, 9.17) is 16.3 Å². The highest BCUT2D eigenvalue weighted by atomic mass is 35.5. The Morgan fingerprint density at radius 1 is 1.10 bits per heavy atom. The van der Waals surface area contributed by atoms with E-state index in [1.54, 1.807) is 0 Å². The molecule has 4 nitrogen and oxygen atoms in total. The van der Waals surface area contributed by atoms with Crippen LogP contribution in [0.3, 0.4) is 0 Å². The summed E-state index contributed by atoms with van der Waals surface area (Å²) in [6.07, 6.45) is 3.93. The molecule has 20 heavy (non-hydrogen) atoms. The van der Waals surface area contributed by atoms with Crippen LogP contribution in [-0.4, -0.2) is 29.0 Å². The third-order valence-electron chi connectivity index (χ3n) is 4.19. The van der Waals surface area contributed by atoms with Crippen molar-refractivity contribution in [3.8, 4) is 0 Å². The quantitative estimate of drug-likeness (QED) is 0.942. The second-order valence-electron chi connectivity index (χ2n) is 5.60. The Morgan fingerprint density at radius 3 is 2.70 bits per heavy atom. The Balaban J connectivity index is 1.67. The molecular formula is C15H16ClN3O. The molecule has 1 aliphatic heterocycles. The highest BCUT2D eigenvalue weighted by Gasteiger charge is 2.40. The molecule has 2 heterocycles. The lowest BCUT2D eigenvalue weighted by Gasteiger charge is -2.20. The van der Waals surface area contributed by atoms with Crippen molar-refractivity contribution in [1.82, 2.24) is 10.2 Å². The Labute approximate surface area is 122 Å². The van der Waals surface area contributed by atoms with Crippen LogP contribution in [0.4, 0.5) is 5.82 Å². The normalized spacial score (nSPS) is 26.1. The van der Waals surface area contributed by atoms with Gasteiger partial charge in [0.2, 0.25) is 0 Å². The van der Waals surface area contributed by atoms with Crippen molar-refractivity contribution in [3.63, 3.8) is 0 Å². The molecule has 0 spiro atoms. The first-order chi connectivity index (χ1) is 9.83. The van der Waals surface area contributed by atoms with Gasteiger partial charge in [0.25, 0.3) is 0 Å². The molecule has 104 valence electrons. The van der Waals surface area contributed by atoms with Gasteiger partial charge in [0.15, 0.2) is 11.0 Å². The lowest BCUT2D eigenvalue weighted by molar-refractivity contribution is 0.0898. The van der Waals surface area contributed by atoms with Crippen LogP contribution in [0.1, 0.15) is 19.3 Å². The molecule has 1 aliphatic carbocycles. The van der Waals surface area contributed by atoms with E-state index >= 15 is 0 Å². The molecular weight excluding hydrogens is 274 g/mol. The number of halogens is 1. The van der Waals surface area contributed by atoms with Crippen molar-refractivity contribution >= 4 is 28.2 Å². The van der Waals surface area contributed by atoms with Crippen LogP contribution in [0.2, 0.25) is 5.15 Å². The van der Waals surface area contributed by atoms with Gasteiger partial charge in [0, 0.05) is 17.4 Å². The number of nitrogens with one attached hydrogen (secondary N) is 1. The van der Waals surface area contributed by atoms with Crippen LogP contribution in [0.5, 0.6) is 0 Å². The van der Waals surface area contributed by atoms with E-state index in [9.17, 15) is 0 Å². The zero-order chi connectivity index (χ0) is 13.5. The predicted octanol–water partition coefficient (Wildman–Crippen LogP) is 3.26. The molecule has 5 heteroatoms. The fraction of sp³-hybridized carbons (Fsp3) is 0.467. The van der Waals surface area contributed by atoms with Crippen LogP contribution in [0, 0.1) is 5.92 Å². The van der Waals surface area contributed by atoms with Crippen molar-refractivity contribution in [3.05, 3.63) is 29.4 Å². The fourth-order valence-corrected chi connectivity index (χ4v) is 3.21. The van der Waals surface area contributed by atoms with Gasteiger partial charge in [0.1, 0.15) is 0 Å². The summed E-state index contributed by atoms with van der Waals surface area (Å²) in [6.45, 7) is 0.831. The molecule has 2 unspecified atom stereocenters. The van der Waals surface area contributed by atoms with Crippen molar-refractivity contribution in [1.29, 1.82) is 0 Å². The average molecular weight is 290 g/mol. The molecule has 1 saturated carbocycles. The first kappa shape index (κ1) is 12.4. The maximum atomic E-state index is 6.11. The summed E-state index contributed by atoms with van der Waals surface area (Å²) in [5.74, 6) is 1.53. The van der Waals surface area contributed by atoms with E-state index < -0.39 is 0 Å². The summed E-state index contributed by atoms with van der Waals surface area (Å²) < 4.78 is 5.86. The van der Waals surface area contributed by atoms with Gasteiger partial charge in [-0.2, -0.15) is 0 Å². The number of hydrogen-bond acceptors (Lipinski definition) is 4. The van der Waals surface area contributed by atoms with Crippen molar-refractivity contribution in [2.45, 2.75) is 31.4 Å². The van der Waals surface area contributed by atoms with Gasteiger partial charge in [-0.05, 0) is 25.2 Å². The fourth-order valence-electron chi connectivity index (χ4n) is 3.01. The van der Waals surface area contributed by atoms with E-state index in [1.807, 2.05) is 24.3 Å². The highest BCUT2D eigenvalue weighted by molar-refractivity contribution is 6.34. The van der Waals surface area contributed by atoms with Crippen LogP contribution >= 0.6 is 11.6 Å². The molecule has 1 aromatic heterocycles. The molecule has 1 N–H and O–H groups in total. The second kappa shape index (κ2) is 4.86. The zero-order valence-corrected chi connectivity index (χ0v) is 11.8. The van der Waals surface area contributed by atoms with Gasteiger partial charge in [0.05, 0.1) is 12.1 Å². The van der Waals surface area contributed by atoms with Gasteiger partial charge < -0.3 is 10.1 Å². The largest absolute Gasteiger partial charge is 0.376 e. The van der Waals surface area contributed by atoms with Gasteiger partial charge in [-0.1, -0.05) is 35.9 Å². The molecule has 1 aromatic carbocycles. The molecule has 0 bridgehead atoms. The number of rotatable bonds is 3. The van der Waals surface area contributed by atoms with Gasteiger partial charge in [-0.15, -0.1) is 10.2 Å². The standard InChI is InChI=1S/C15H16ClN3O/c16-14-10-3-1-2-4-11(10)15(19-18-14)17-12-7-8-20-13(12)9-5-6-9/h1-4,9,12-13H,5-8H2,(H,17,19). The molecule has 1 saturated heterocycles. The summed E-state index contributed by atoms with van der Waals surface area (Å²) in [5, 5.41) is 14.2. The number of hydrogen-bond donors (Lipinski definition) is 1. The highest BCUT2D eigenvalue weighted by Crippen LogP contribution is 2.40. The number of nitrogens with zero attached hydrogens (tertiary/aromatic N) is 2. The summed E-state index contributed by atoms with van der Waals surface area (Å²) in [6, 6.07) is 8.29. The van der Waals surface area contributed by atoms with E-state index in [0.29, 0.717) is 17.3 Å². The molecule has 2 aromatic rings. The number of aromatic nitrogens is 2. The van der Waals surface area contributed by atoms with E-state index in [2.05, 4.69) is 15.5 Å². The average Bonchev–Trinajstić information content (AvgIpc) is 3.22. The predicted molar refractivity (Wildman–Crippen MR) is 79.0 cm³/mol. The number of anilines is 1. The third kappa shape index (κ3) is 2.13. The van der Waals surface area contributed by atoms with E-state index in [1.165, 1.54) is 12.8 Å². The van der Waals surface area contributed by atoms with Crippen LogP contribution in [0.25, 0.3) is 10.8 Å². The Bertz CT molecular complexity index is 644. The van der Waals surface area contributed by atoms with Gasteiger partial charge in [-0.25, -0.2) is 0 Å². The third-order valence-corrected chi connectivity index (χ3v) is 4.47. The van der Waals surface area contributed by atoms with E-state index in [0.717, 1.165) is 35.5 Å². The molecule has 2 fully saturated rings. The Morgan fingerprint density at radius 2 is 1.90 bits per heavy atom. The smallest absolute Gasteiger partial charge is 0.159 e. The lowest BCUT2D eigenvalue weighted by atomic mass is 10.1. The molecule has 2 aliphatic rings. The topological polar surface area (TPSA) is 47.0 Å². The minimum absolute atomic E-state index is 0.325. The summed E-state index contributed by atoms with van der Waals surface area (Å²) in [5.41, 5.74) is 0. The summed E-state index contributed by atoms with van der Waals surface area (Å²) in [7, 11) is 0. The van der Waals surface area contributed by atoms with Crippen molar-refractivity contribution in [2.24, 2.45) is 5.92 Å². The minimum Gasteiger partial charge on any atom is -0.376 e. The maximum absolute atomic E-state index is 6.11. The number of ether oxygens (including phenoxy) is 1. The molecule has 4 rings (SSSR count). The molecule has 0 amide bonds. The van der Waals surface area contributed by atoms with Gasteiger partial charge in [-0.3, -0.25) is 0 Å². The summed E-state index contributed by atoms with van der Waals surface area (Å²) >= 11 is 6.11. The first-order valence-electron chi connectivity index (χ1n) is 7.12. The molecule has 2 atom stereocenters. The zero-order valence-electron chi connectivity index (χ0n) is 11.1. The number of benzene rings is 1. The Kier molecular flexibility index (Phi) is 3.00. The molecule has 0 radical (unpaired) electrons. The van der Waals surface area contributed by atoms with Crippen LogP contribution in [0.15, 0.2) is 24.3 Å². The minimum atomic E-state index is 0.325. The monoisotopic (exact) mass is 289 g/mol. The van der Waals surface area contributed by atoms with Crippen LogP contribution in [-0.2, 0) is 4.74 Å². The SMILES string of the molecule is Clc1nnc(NC2CCOC2C2CC2)c2ccccc12. The first-order valence-corrected chi connectivity index (χ1v) is 7.50. The van der Waals surface area contributed by atoms with Crippen molar-refractivity contribution in [2.75, 3.05) is 11.9 Å². The number of fused-ring (bicyclic) bond motifs is 1. The van der Waals surface area contributed by atoms with E-state index in [-0.39, 0.29) is 0 Å². The second-order valence-corrected chi connectivity index (χ2v) is 5.96. The van der Waals surface area contributed by atoms with Crippen molar-refractivity contribution < 1.29 is 4.74 Å². The summed E-state index contributed by atoms with van der Waals surface area (Å²) in [4.78, 5) is 0.